The molecule has 0 atom stereocenters. The molecule has 0 radical (unpaired) electrons. The Labute approximate surface area is 110 Å². The lowest BCUT2D eigenvalue weighted by atomic mass is 9.99. The van der Waals surface area contributed by atoms with Gasteiger partial charge in [-0.2, -0.15) is 0 Å². The molecule has 1 N–H and O–H groups in total. The summed E-state index contributed by atoms with van der Waals surface area (Å²) in [5.74, 6) is -0.244. The molecule has 1 aromatic carbocycles. The van der Waals surface area contributed by atoms with Crippen molar-refractivity contribution in [3.63, 3.8) is 0 Å². The van der Waals surface area contributed by atoms with E-state index in [1.165, 1.54) is 0 Å². The third kappa shape index (κ3) is 2.19. The van der Waals surface area contributed by atoms with Crippen molar-refractivity contribution in [3.05, 3.63) is 34.5 Å². The van der Waals surface area contributed by atoms with Gasteiger partial charge in [0.25, 0.3) is 0 Å². The summed E-state index contributed by atoms with van der Waals surface area (Å²) < 4.78 is 10.5. The molecule has 0 amide bonds. The zero-order valence-electron chi connectivity index (χ0n) is 11.3. The maximum atomic E-state index is 11.3. The zero-order valence-corrected chi connectivity index (χ0v) is 11.3. The topological polar surface area (TPSA) is 72.6 Å². The normalized spacial score (nSPS) is 10.5. The molecular formula is C14H15NO4. The Bertz CT molecular complexity index is 643. The van der Waals surface area contributed by atoms with Gasteiger partial charge in [0, 0.05) is 0 Å². The Morgan fingerprint density at radius 1 is 1.32 bits per heavy atom. The van der Waals surface area contributed by atoms with Crippen molar-refractivity contribution in [1.29, 1.82) is 0 Å². The predicted molar refractivity (Wildman–Crippen MR) is 69.7 cm³/mol. The number of ether oxygens (including phenoxy) is 1. The van der Waals surface area contributed by atoms with Crippen LogP contribution in [0.3, 0.4) is 0 Å². The van der Waals surface area contributed by atoms with Crippen LogP contribution in [-0.2, 0) is 0 Å². The smallest absolute Gasteiger partial charge is 0.341 e. The number of rotatable bonds is 3. The lowest BCUT2D eigenvalue weighted by molar-refractivity contribution is 0.0696. The largest absolute Gasteiger partial charge is 0.496 e. The molecule has 5 nitrogen and oxygen atoms in total. The van der Waals surface area contributed by atoms with Crippen molar-refractivity contribution in [2.75, 3.05) is 7.11 Å². The molecule has 0 aliphatic carbocycles. The first-order valence-electron chi connectivity index (χ1n) is 5.81. The summed E-state index contributed by atoms with van der Waals surface area (Å²) in [6, 6.07) is 3.78. The Kier molecular flexibility index (Phi) is 3.29. The van der Waals surface area contributed by atoms with Gasteiger partial charge in [0.15, 0.2) is 5.76 Å². The summed E-state index contributed by atoms with van der Waals surface area (Å²) in [6.45, 7) is 5.43. The molecule has 0 spiro atoms. The molecule has 2 aromatic rings. The Morgan fingerprint density at radius 2 is 2.00 bits per heavy atom. The molecule has 0 unspecified atom stereocenters. The van der Waals surface area contributed by atoms with Crippen LogP contribution in [-0.4, -0.2) is 23.3 Å². The summed E-state index contributed by atoms with van der Waals surface area (Å²) in [6.07, 6.45) is 0. The Hall–Kier alpha value is -2.30. The van der Waals surface area contributed by atoms with E-state index in [2.05, 4.69) is 5.16 Å². The van der Waals surface area contributed by atoms with Gasteiger partial charge >= 0.3 is 5.97 Å². The standard InChI is InChI=1S/C14H15NO4/c1-7-5-8(2)11(10(6-7)18-4)13-12(14(16)17)9(3)15-19-13/h5-6H,1-4H3,(H,16,17). The van der Waals surface area contributed by atoms with Crippen LogP contribution in [0.15, 0.2) is 16.7 Å². The quantitative estimate of drug-likeness (QED) is 0.919. The fourth-order valence-electron chi connectivity index (χ4n) is 2.17. The molecule has 0 saturated heterocycles. The molecule has 0 aliphatic heterocycles. The molecule has 1 aromatic heterocycles. The summed E-state index contributed by atoms with van der Waals surface area (Å²) in [7, 11) is 1.54. The minimum absolute atomic E-state index is 0.0743. The van der Waals surface area contributed by atoms with E-state index in [9.17, 15) is 9.90 Å². The summed E-state index contributed by atoms with van der Waals surface area (Å²) in [4.78, 5) is 11.3. The maximum Gasteiger partial charge on any atom is 0.341 e. The van der Waals surface area contributed by atoms with Crippen LogP contribution in [0, 0.1) is 20.8 Å². The number of methoxy groups -OCH3 is 1. The molecule has 0 bridgehead atoms. The molecule has 0 aliphatic rings. The molecule has 0 fully saturated rings. The minimum Gasteiger partial charge on any atom is -0.496 e. The fraction of sp³-hybridized carbons (Fsp3) is 0.286. The van der Waals surface area contributed by atoms with Gasteiger partial charge in [0.05, 0.1) is 18.4 Å². The van der Waals surface area contributed by atoms with Crippen molar-refractivity contribution in [3.8, 4) is 17.1 Å². The zero-order chi connectivity index (χ0) is 14.2. The van der Waals surface area contributed by atoms with E-state index in [4.69, 9.17) is 9.26 Å². The molecule has 19 heavy (non-hydrogen) atoms. The summed E-state index contributed by atoms with van der Waals surface area (Å²) in [5, 5.41) is 13.0. The Morgan fingerprint density at radius 3 is 2.58 bits per heavy atom. The van der Waals surface area contributed by atoms with Crippen molar-refractivity contribution >= 4 is 5.97 Å². The molecule has 5 heteroatoms. The molecule has 2 rings (SSSR count). The molecular weight excluding hydrogens is 246 g/mol. The highest BCUT2D eigenvalue weighted by Gasteiger charge is 2.25. The van der Waals surface area contributed by atoms with E-state index in [1.807, 2.05) is 26.0 Å². The third-order valence-corrected chi connectivity index (χ3v) is 2.97. The van der Waals surface area contributed by atoms with Crippen LogP contribution in [0.25, 0.3) is 11.3 Å². The van der Waals surface area contributed by atoms with Crippen molar-refractivity contribution in [1.82, 2.24) is 5.16 Å². The van der Waals surface area contributed by atoms with Gasteiger partial charge in [-0.15, -0.1) is 0 Å². The average Bonchev–Trinajstić information content (AvgIpc) is 2.69. The first-order valence-corrected chi connectivity index (χ1v) is 5.81. The fourth-order valence-corrected chi connectivity index (χ4v) is 2.17. The van der Waals surface area contributed by atoms with Gasteiger partial charge < -0.3 is 14.4 Å². The van der Waals surface area contributed by atoms with Crippen LogP contribution < -0.4 is 4.74 Å². The second kappa shape index (κ2) is 4.76. The van der Waals surface area contributed by atoms with Gasteiger partial charge in [0.1, 0.15) is 11.3 Å². The molecule has 1 heterocycles. The molecule has 0 saturated carbocycles. The van der Waals surface area contributed by atoms with Crippen LogP contribution in [0.1, 0.15) is 27.2 Å². The van der Waals surface area contributed by atoms with Crippen molar-refractivity contribution in [2.45, 2.75) is 20.8 Å². The summed E-state index contributed by atoms with van der Waals surface area (Å²) >= 11 is 0. The number of hydrogen-bond acceptors (Lipinski definition) is 4. The highest BCUT2D eigenvalue weighted by molar-refractivity contribution is 5.96. The van der Waals surface area contributed by atoms with E-state index in [0.717, 1.165) is 11.1 Å². The maximum absolute atomic E-state index is 11.3. The second-order valence-corrected chi connectivity index (χ2v) is 4.44. The highest BCUT2D eigenvalue weighted by atomic mass is 16.5. The number of hydrogen-bond donors (Lipinski definition) is 1. The van der Waals surface area contributed by atoms with Crippen molar-refractivity contribution in [2.24, 2.45) is 0 Å². The van der Waals surface area contributed by atoms with Crippen LogP contribution in [0.5, 0.6) is 5.75 Å². The number of aromatic carboxylic acids is 1. The monoisotopic (exact) mass is 261 g/mol. The van der Waals surface area contributed by atoms with E-state index in [-0.39, 0.29) is 11.3 Å². The minimum atomic E-state index is -1.06. The number of aryl methyl sites for hydroxylation is 3. The van der Waals surface area contributed by atoms with Gasteiger partial charge in [-0.1, -0.05) is 11.2 Å². The van der Waals surface area contributed by atoms with Gasteiger partial charge in [-0.3, -0.25) is 0 Å². The second-order valence-electron chi connectivity index (χ2n) is 4.44. The van der Waals surface area contributed by atoms with E-state index < -0.39 is 5.97 Å². The number of carboxylic acid groups (broad SMARTS) is 1. The number of aromatic nitrogens is 1. The van der Waals surface area contributed by atoms with Gasteiger partial charge in [-0.05, 0) is 38.0 Å². The SMILES string of the molecule is COc1cc(C)cc(C)c1-c1onc(C)c1C(=O)O. The first kappa shape index (κ1) is 13.1. The first-order chi connectivity index (χ1) is 8.95. The molecule has 100 valence electrons. The van der Waals surface area contributed by atoms with Crippen LogP contribution in [0.2, 0.25) is 0 Å². The lowest BCUT2D eigenvalue weighted by Crippen LogP contribution is -2.01. The van der Waals surface area contributed by atoms with Crippen LogP contribution >= 0.6 is 0 Å². The van der Waals surface area contributed by atoms with E-state index >= 15 is 0 Å². The van der Waals surface area contributed by atoms with Gasteiger partial charge in [-0.25, -0.2) is 4.79 Å². The highest BCUT2D eigenvalue weighted by Crippen LogP contribution is 2.37. The number of carbonyl (C=O) groups is 1. The number of carboxylic acids is 1. The summed E-state index contributed by atoms with van der Waals surface area (Å²) in [5.41, 5.74) is 2.97. The average molecular weight is 261 g/mol. The Balaban J connectivity index is 2.76. The predicted octanol–water partition coefficient (Wildman–Crippen LogP) is 2.97. The number of benzene rings is 1. The van der Waals surface area contributed by atoms with Crippen molar-refractivity contribution < 1.29 is 19.2 Å². The van der Waals surface area contributed by atoms with Crippen LogP contribution in [0.4, 0.5) is 0 Å². The third-order valence-electron chi connectivity index (χ3n) is 2.97. The van der Waals surface area contributed by atoms with E-state index in [1.54, 1.807) is 14.0 Å². The van der Waals surface area contributed by atoms with Gasteiger partial charge in [0.2, 0.25) is 0 Å². The number of nitrogens with zero attached hydrogens (tertiary/aromatic N) is 1. The van der Waals surface area contributed by atoms with E-state index in [0.29, 0.717) is 17.0 Å². The lowest BCUT2D eigenvalue weighted by Gasteiger charge is -2.11.